The van der Waals surface area contributed by atoms with Crippen LogP contribution >= 0.6 is 0 Å². The molecule has 0 atom stereocenters. The predicted molar refractivity (Wildman–Crippen MR) is 99.1 cm³/mol. The smallest absolute Gasteiger partial charge is 0.407 e. The van der Waals surface area contributed by atoms with E-state index in [1.54, 1.807) is 39.0 Å². The molecule has 0 spiro atoms. The molecule has 1 rings (SSSR count). The molecule has 1 aromatic rings. The number of azide groups is 1. The van der Waals surface area contributed by atoms with Crippen LogP contribution in [0.25, 0.3) is 10.4 Å². The fourth-order valence-electron chi connectivity index (χ4n) is 1.90. The first-order valence-electron chi connectivity index (χ1n) is 8.35. The highest BCUT2D eigenvalue weighted by Gasteiger charge is 2.15. The van der Waals surface area contributed by atoms with E-state index in [2.05, 4.69) is 20.7 Å². The van der Waals surface area contributed by atoms with Gasteiger partial charge in [0.2, 0.25) is 0 Å². The van der Waals surface area contributed by atoms with E-state index < -0.39 is 11.7 Å². The van der Waals surface area contributed by atoms with E-state index in [1.807, 2.05) is 0 Å². The van der Waals surface area contributed by atoms with Crippen LogP contribution in [0, 0.1) is 0 Å². The van der Waals surface area contributed by atoms with E-state index in [4.69, 9.17) is 19.7 Å². The van der Waals surface area contributed by atoms with Crippen LogP contribution in [0.3, 0.4) is 0 Å². The van der Waals surface area contributed by atoms with Crippen LogP contribution in [0.4, 0.5) is 4.79 Å². The van der Waals surface area contributed by atoms with Gasteiger partial charge in [0.1, 0.15) is 23.7 Å². The van der Waals surface area contributed by atoms with Crippen molar-refractivity contribution in [2.75, 3.05) is 33.4 Å². The second kappa shape index (κ2) is 10.8. The molecule has 0 heterocycles. The van der Waals surface area contributed by atoms with Crippen molar-refractivity contribution < 1.29 is 23.8 Å². The average Bonchev–Trinajstić information content (AvgIpc) is 2.60. The molecule has 148 valence electrons. The molecule has 0 saturated heterocycles. The Hall–Kier alpha value is -3.13. The van der Waals surface area contributed by atoms with Gasteiger partial charge in [0, 0.05) is 23.6 Å². The zero-order valence-electron chi connectivity index (χ0n) is 15.9. The number of rotatable bonds is 9. The van der Waals surface area contributed by atoms with Crippen molar-refractivity contribution in [2.45, 2.75) is 26.4 Å². The second-order valence-electron chi connectivity index (χ2n) is 6.35. The number of carbonyl (C=O) groups is 2. The van der Waals surface area contributed by atoms with Gasteiger partial charge in [-0.3, -0.25) is 4.79 Å². The summed E-state index contributed by atoms with van der Waals surface area (Å²) in [4.78, 5) is 26.1. The summed E-state index contributed by atoms with van der Waals surface area (Å²) in [5.41, 5.74) is 8.05. The maximum Gasteiger partial charge on any atom is 0.407 e. The molecule has 1 aromatic carbocycles. The summed E-state index contributed by atoms with van der Waals surface area (Å²) in [7, 11) is 1.52. The van der Waals surface area contributed by atoms with E-state index in [-0.39, 0.29) is 32.2 Å². The second-order valence-corrected chi connectivity index (χ2v) is 6.35. The number of benzene rings is 1. The topological polar surface area (TPSA) is 135 Å². The lowest BCUT2D eigenvalue weighted by Gasteiger charge is -2.19. The van der Waals surface area contributed by atoms with Crippen LogP contribution in [-0.2, 0) is 4.74 Å². The Bertz CT molecular complexity index is 695. The Kier molecular flexibility index (Phi) is 8.74. The summed E-state index contributed by atoms with van der Waals surface area (Å²) in [6.07, 6.45) is -0.535. The normalized spacial score (nSPS) is 10.4. The van der Waals surface area contributed by atoms with Crippen molar-refractivity contribution in [1.29, 1.82) is 0 Å². The fourth-order valence-corrected chi connectivity index (χ4v) is 1.90. The molecule has 27 heavy (non-hydrogen) atoms. The molecule has 0 unspecified atom stereocenters. The molecule has 0 aliphatic heterocycles. The van der Waals surface area contributed by atoms with E-state index in [0.29, 0.717) is 17.1 Å². The highest BCUT2D eigenvalue weighted by molar-refractivity contribution is 5.94. The zero-order valence-corrected chi connectivity index (χ0v) is 15.9. The molecule has 0 fully saturated rings. The summed E-state index contributed by atoms with van der Waals surface area (Å²) in [5, 5.41) is 8.48. The summed E-state index contributed by atoms with van der Waals surface area (Å²) in [6, 6.07) is 4.73. The van der Waals surface area contributed by atoms with Gasteiger partial charge in [0.25, 0.3) is 5.91 Å². The number of hydrogen-bond donors (Lipinski definition) is 2. The summed E-state index contributed by atoms with van der Waals surface area (Å²) >= 11 is 0. The van der Waals surface area contributed by atoms with Crippen molar-refractivity contribution in [3.63, 3.8) is 0 Å². The minimum absolute atomic E-state index is 0.163. The first kappa shape index (κ1) is 21.9. The largest absolute Gasteiger partial charge is 0.493 e. The van der Waals surface area contributed by atoms with Crippen LogP contribution in [0.5, 0.6) is 11.5 Å². The third-order valence-electron chi connectivity index (χ3n) is 2.93. The highest BCUT2D eigenvalue weighted by atomic mass is 16.6. The highest BCUT2D eigenvalue weighted by Crippen LogP contribution is 2.23. The number of carbonyl (C=O) groups excluding carboxylic acids is 2. The maximum atomic E-state index is 11.9. The summed E-state index contributed by atoms with van der Waals surface area (Å²) < 4.78 is 16.2. The monoisotopic (exact) mass is 379 g/mol. The average molecular weight is 379 g/mol. The van der Waals surface area contributed by atoms with E-state index in [0.717, 1.165) is 0 Å². The SMILES string of the molecule is CNC(=O)c1cc(OCCN=[N+]=[N-])cc(OCCNC(=O)OC(C)(C)C)c1. The molecule has 10 nitrogen and oxygen atoms in total. The van der Waals surface area contributed by atoms with Crippen LogP contribution in [0.1, 0.15) is 31.1 Å². The van der Waals surface area contributed by atoms with Crippen LogP contribution in [0.15, 0.2) is 23.3 Å². The zero-order chi connectivity index (χ0) is 20.3. The molecule has 2 N–H and O–H groups in total. The molecule has 0 aliphatic carbocycles. The first-order chi connectivity index (χ1) is 12.7. The number of alkyl carbamates (subject to hydrolysis) is 1. The Balaban J connectivity index is 2.65. The van der Waals surface area contributed by atoms with Crippen LogP contribution < -0.4 is 20.1 Å². The molecular weight excluding hydrogens is 354 g/mol. The molecule has 2 amide bonds. The fraction of sp³-hybridized carbons (Fsp3) is 0.529. The number of amides is 2. The Morgan fingerprint density at radius 3 is 2.33 bits per heavy atom. The number of hydrogen-bond acceptors (Lipinski definition) is 6. The lowest BCUT2D eigenvalue weighted by molar-refractivity contribution is 0.0520. The van der Waals surface area contributed by atoms with Gasteiger partial charge < -0.3 is 24.8 Å². The minimum atomic E-state index is -0.575. The van der Waals surface area contributed by atoms with Gasteiger partial charge in [-0.15, -0.1) is 0 Å². The molecule has 0 bridgehead atoms. The van der Waals surface area contributed by atoms with Gasteiger partial charge in [-0.1, -0.05) is 5.11 Å². The van der Waals surface area contributed by atoms with Crippen LogP contribution in [0.2, 0.25) is 0 Å². The summed E-state index contributed by atoms with van der Waals surface area (Å²) in [6.45, 7) is 6.06. The predicted octanol–water partition coefficient (Wildman–Crippen LogP) is 2.64. The number of ether oxygens (including phenoxy) is 3. The van der Waals surface area contributed by atoms with Crippen molar-refractivity contribution >= 4 is 12.0 Å². The van der Waals surface area contributed by atoms with Crippen molar-refractivity contribution in [2.24, 2.45) is 5.11 Å². The molecule has 10 heteroatoms. The lowest BCUT2D eigenvalue weighted by Crippen LogP contribution is -2.34. The molecule has 0 aliphatic rings. The number of nitrogens with zero attached hydrogens (tertiary/aromatic N) is 3. The third kappa shape index (κ3) is 9.22. The quantitative estimate of drug-likeness (QED) is 0.294. The lowest BCUT2D eigenvalue weighted by atomic mass is 10.2. The third-order valence-corrected chi connectivity index (χ3v) is 2.93. The minimum Gasteiger partial charge on any atom is -0.493 e. The molecule has 0 saturated carbocycles. The van der Waals surface area contributed by atoms with E-state index >= 15 is 0 Å². The molecular formula is C17H25N5O5. The first-order valence-corrected chi connectivity index (χ1v) is 8.35. The number of nitrogens with one attached hydrogen (secondary N) is 2. The molecule has 0 radical (unpaired) electrons. The van der Waals surface area contributed by atoms with Gasteiger partial charge in [0.05, 0.1) is 19.7 Å². The summed E-state index contributed by atoms with van der Waals surface area (Å²) in [5.74, 6) is 0.507. The Morgan fingerprint density at radius 1 is 1.15 bits per heavy atom. The van der Waals surface area contributed by atoms with Gasteiger partial charge >= 0.3 is 6.09 Å². The van der Waals surface area contributed by atoms with Crippen molar-refractivity contribution in [3.05, 3.63) is 34.2 Å². The standard InChI is InChI=1S/C17H25N5O5/c1-17(2,3)27-16(24)20-5-7-25-13-9-12(15(23)19-4)10-14(11-13)26-8-6-21-22-18/h9-11H,5-8H2,1-4H3,(H,19,23)(H,20,24). The van der Waals surface area contributed by atoms with Gasteiger partial charge in [0.15, 0.2) is 0 Å². The Morgan fingerprint density at radius 2 is 1.78 bits per heavy atom. The van der Waals surface area contributed by atoms with E-state index in [9.17, 15) is 9.59 Å². The maximum absolute atomic E-state index is 11.9. The van der Waals surface area contributed by atoms with Crippen molar-refractivity contribution in [3.8, 4) is 11.5 Å². The van der Waals surface area contributed by atoms with Gasteiger partial charge in [-0.05, 0) is 38.4 Å². The van der Waals surface area contributed by atoms with Crippen LogP contribution in [-0.4, -0.2) is 51.0 Å². The van der Waals surface area contributed by atoms with E-state index in [1.165, 1.54) is 7.05 Å². The molecule has 0 aromatic heterocycles. The van der Waals surface area contributed by atoms with Crippen molar-refractivity contribution in [1.82, 2.24) is 10.6 Å². The van der Waals surface area contributed by atoms with Gasteiger partial charge in [-0.2, -0.15) is 0 Å². The van der Waals surface area contributed by atoms with Gasteiger partial charge in [-0.25, -0.2) is 4.79 Å². The Labute approximate surface area is 157 Å².